The van der Waals surface area contributed by atoms with Gasteiger partial charge in [-0.3, -0.25) is 4.90 Å². The Labute approximate surface area is 111 Å². The number of amides is 1. The van der Waals surface area contributed by atoms with Gasteiger partial charge in [0.15, 0.2) is 0 Å². The molecule has 0 fully saturated rings. The number of nitrogens with two attached hydrogens (primary N) is 1. The van der Waals surface area contributed by atoms with Crippen LogP contribution in [0.3, 0.4) is 0 Å². The smallest absolute Gasteiger partial charge is 0.415 e. The van der Waals surface area contributed by atoms with Crippen molar-refractivity contribution in [2.75, 3.05) is 13.2 Å². The second kappa shape index (κ2) is 5.44. The molecular weight excluding hydrogens is 242 g/mol. The Balaban J connectivity index is 2.31. The molecule has 0 saturated carbocycles. The van der Waals surface area contributed by atoms with Gasteiger partial charge in [-0.1, -0.05) is 30.3 Å². The maximum Gasteiger partial charge on any atom is 0.415 e. The zero-order valence-corrected chi connectivity index (χ0v) is 10.7. The molecule has 98 valence electrons. The molecule has 0 saturated heterocycles. The molecule has 1 heterocycles. The fraction of sp³-hybridized carbons (Fsp3) is 0.286. The Kier molecular flexibility index (Phi) is 3.71. The van der Waals surface area contributed by atoms with Crippen molar-refractivity contribution < 1.29 is 9.53 Å². The molecule has 1 aliphatic heterocycles. The van der Waals surface area contributed by atoms with Crippen LogP contribution in [-0.4, -0.2) is 24.1 Å². The first-order valence-corrected chi connectivity index (χ1v) is 6.08. The van der Waals surface area contributed by atoms with Crippen LogP contribution in [0.2, 0.25) is 0 Å². The van der Waals surface area contributed by atoms with Gasteiger partial charge in [0.1, 0.15) is 5.82 Å². The topological polar surface area (TPSA) is 79.3 Å². The van der Waals surface area contributed by atoms with Gasteiger partial charge in [-0.15, -0.1) is 0 Å². The van der Waals surface area contributed by atoms with Crippen LogP contribution in [0.15, 0.2) is 41.7 Å². The van der Waals surface area contributed by atoms with Crippen LogP contribution in [0, 0.1) is 11.3 Å². The lowest BCUT2D eigenvalue weighted by Crippen LogP contribution is -2.32. The molecule has 0 radical (unpaired) electrons. The van der Waals surface area contributed by atoms with E-state index in [1.165, 1.54) is 4.90 Å². The molecule has 1 atom stereocenters. The summed E-state index contributed by atoms with van der Waals surface area (Å²) in [6, 6.07) is 11.6. The highest BCUT2D eigenvalue weighted by Crippen LogP contribution is 2.33. The maximum atomic E-state index is 11.8. The number of ether oxygens (including phenoxy) is 1. The fourth-order valence-corrected chi connectivity index (χ4v) is 2.16. The predicted molar refractivity (Wildman–Crippen MR) is 69.7 cm³/mol. The van der Waals surface area contributed by atoms with E-state index in [4.69, 9.17) is 10.5 Å². The third-order valence-electron chi connectivity index (χ3n) is 3.09. The number of carbonyl (C=O) groups excluding carboxylic acids is 1. The van der Waals surface area contributed by atoms with E-state index in [0.717, 1.165) is 5.56 Å². The summed E-state index contributed by atoms with van der Waals surface area (Å²) in [4.78, 5) is 13.1. The van der Waals surface area contributed by atoms with Crippen LogP contribution in [0.4, 0.5) is 4.79 Å². The molecule has 0 aliphatic carbocycles. The van der Waals surface area contributed by atoms with Crippen LogP contribution in [-0.2, 0) is 4.74 Å². The first-order valence-electron chi connectivity index (χ1n) is 6.08. The van der Waals surface area contributed by atoms with E-state index in [9.17, 15) is 10.1 Å². The van der Waals surface area contributed by atoms with Crippen LogP contribution < -0.4 is 5.73 Å². The molecule has 0 aromatic heterocycles. The van der Waals surface area contributed by atoms with Crippen molar-refractivity contribution in [1.29, 1.82) is 5.26 Å². The molecule has 19 heavy (non-hydrogen) atoms. The third kappa shape index (κ3) is 2.38. The monoisotopic (exact) mass is 257 g/mol. The molecule has 1 aromatic rings. The van der Waals surface area contributed by atoms with Crippen molar-refractivity contribution in [1.82, 2.24) is 4.90 Å². The highest BCUT2D eigenvalue weighted by atomic mass is 16.6. The van der Waals surface area contributed by atoms with Gasteiger partial charge in [0.25, 0.3) is 0 Å². The van der Waals surface area contributed by atoms with Gasteiger partial charge < -0.3 is 10.5 Å². The second-order valence-electron chi connectivity index (χ2n) is 4.18. The van der Waals surface area contributed by atoms with Gasteiger partial charge in [-0.05, 0) is 12.5 Å². The summed E-state index contributed by atoms with van der Waals surface area (Å²) in [5, 5.41) is 9.23. The summed E-state index contributed by atoms with van der Waals surface area (Å²) in [6.07, 6.45) is -0.508. The Hall–Kier alpha value is -2.48. The average molecular weight is 257 g/mol. The van der Waals surface area contributed by atoms with Gasteiger partial charge in [-0.25, -0.2) is 4.79 Å². The molecule has 1 aromatic carbocycles. The van der Waals surface area contributed by atoms with Crippen molar-refractivity contribution >= 4 is 6.09 Å². The Bertz CT molecular complexity index is 546. The minimum absolute atomic E-state index is 0.185. The Morgan fingerprint density at radius 3 is 2.79 bits per heavy atom. The summed E-state index contributed by atoms with van der Waals surface area (Å²) in [6.45, 7) is 2.35. The van der Waals surface area contributed by atoms with Gasteiger partial charge in [-0.2, -0.15) is 5.26 Å². The number of nitrogens with zero attached hydrogens (tertiary/aromatic N) is 2. The molecule has 1 unspecified atom stereocenters. The van der Waals surface area contributed by atoms with E-state index in [0.29, 0.717) is 12.1 Å². The van der Waals surface area contributed by atoms with Gasteiger partial charge >= 0.3 is 6.09 Å². The standard InChI is InChI=1S/C14H15N3O2/c1-2-19-14(18)17-9-12(11(8-15)13(17)16)10-6-4-3-5-7-10/h3-7,12H,2,9,16H2,1H3. The summed E-state index contributed by atoms with van der Waals surface area (Å²) in [5.41, 5.74) is 7.26. The van der Waals surface area contributed by atoms with Crippen LogP contribution in [0.1, 0.15) is 18.4 Å². The third-order valence-corrected chi connectivity index (χ3v) is 3.09. The van der Waals surface area contributed by atoms with E-state index in [2.05, 4.69) is 6.07 Å². The molecule has 1 amide bonds. The molecule has 2 N–H and O–H groups in total. The number of hydrogen-bond acceptors (Lipinski definition) is 4. The number of benzene rings is 1. The van der Waals surface area contributed by atoms with Crippen LogP contribution >= 0.6 is 0 Å². The molecule has 5 heteroatoms. The first kappa shape index (κ1) is 13.0. The van der Waals surface area contributed by atoms with Crippen molar-refractivity contribution in [3.8, 4) is 6.07 Å². The highest BCUT2D eigenvalue weighted by Gasteiger charge is 2.35. The quantitative estimate of drug-likeness (QED) is 0.878. The Morgan fingerprint density at radius 1 is 1.53 bits per heavy atom. The summed E-state index contributed by atoms with van der Waals surface area (Å²) in [7, 11) is 0. The van der Waals surface area contributed by atoms with Crippen molar-refractivity contribution in [3.63, 3.8) is 0 Å². The SMILES string of the molecule is CCOC(=O)N1CC(c2ccccc2)C(C#N)=C1N. The lowest BCUT2D eigenvalue weighted by Gasteiger charge is -2.17. The number of hydrogen-bond donors (Lipinski definition) is 1. The fourth-order valence-electron chi connectivity index (χ4n) is 2.16. The molecule has 0 bridgehead atoms. The van der Waals surface area contributed by atoms with E-state index in [1.54, 1.807) is 6.92 Å². The minimum Gasteiger partial charge on any atom is -0.449 e. The van der Waals surface area contributed by atoms with Gasteiger partial charge in [0, 0.05) is 12.5 Å². The predicted octanol–water partition coefficient (Wildman–Crippen LogP) is 1.94. The maximum absolute atomic E-state index is 11.8. The van der Waals surface area contributed by atoms with E-state index in [1.807, 2.05) is 30.3 Å². The number of rotatable bonds is 2. The van der Waals surface area contributed by atoms with Gasteiger partial charge in [0.2, 0.25) is 0 Å². The summed E-state index contributed by atoms with van der Waals surface area (Å²) < 4.78 is 4.94. The van der Waals surface area contributed by atoms with Crippen LogP contribution in [0.5, 0.6) is 0 Å². The molecular formula is C14H15N3O2. The zero-order valence-electron chi connectivity index (χ0n) is 10.7. The van der Waals surface area contributed by atoms with Crippen molar-refractivity contribution in [2.24, 2.45) is 5.73 Å². The average Bonchev–Trinajstić information content (AvgIpc) is 2.77. The van der Waals surface area contributed by atoms with Crippen molar-refractivity contribution in [3.05, 3.63) is 47.3 Å². The number of carbonyl (C=O) groups is 1. The normalized spacial score (nSPS) is 18.3. The van der Waals surface area contributed by atoms with E-state index >= 15 is 0 Å². The lowest BCUT2D eigenvalue weighted by molar-refractivity contribution is 0.120. The lowest BCUT2D eigenvalue weighted by atomic mass is 9.94. The van der Waals surface area contributed by atoms with Gasteiger partial charge in [0.05, 0.1) is 18.2 Å². The zero-order chi connectivity index (χ0) is 13.8. The number of nitriles is 1. The van der Waals surface area contributed by atoms with Crippen LogP contribution in [0.25, 0.3) is 0 Å². The highest BCUT2D eigenvalue weighted by molar-refractivity contribution is 5.72. The van der Waals surface area contributed by atoms with E-state index in [-0.39, 0.29) is 18.3 Å². The first-order chi connectivity index (χ1) is 9.19. The minimum atomic E-state index is -0.508. The molecule has 2 rings (SSSR count). The second-order valence-corrected chi connectivity index (χ2v) is 4.18. The van der Waals surface area contributed by atoms with E-state index < -0.39 is 6.09 Å². The molecule has 1 aliphatic rings. The Morgan fingerprint density at radius 2 is 2.21 bits per heavy atom. The molecule has 0 spiro atoms. The summed E-state index contributed by atoms with van der Waals surface area (Å²) >= 11 is 0. The summed E-state index contributed by atoms with van der Waals surface area (Å²) in [5.74, 6) is 0.00501. The largest absolute Gasteiger partial charge is 0.449 e. The molecule has 5 nitrogen and oxygen atoms in total. The van der Waals surface area contributed by atoms with Crippen molar-refractivity contribution in [2.45, 2.75) is 12.8 Å².